The number of aromatic nitrogens is 2. The largest absolute Gasteiger partial charge is 0.376 e. The molecule has 2 heterocycles. The van der Waals surface area contributed by atoms with Crippen LogP contribution in [0.2, 0.25) is 5.02 Å². The van der Waals surface area contributed by atoms with Crippen molar-refractivity contribution in [2.45, 2.75) is 24.0 Å². The highest BCUT2D eigenvalue weighted by Crippen LogP contribution is 2.33. The fourth-order valence-corrected chi connectivity index (χ4v) is 4.20. The van der Waals surface area contributed by atoms with E-state index in [9.17, 15) is 9.18 Å². The molecular formula is C22H21ClFN3O2S. The number of H-pyrrole nitrogens is 1. The Labute approximate surface area is 183 Å². The van der Waals surface area contributed by atoms with Crippen LogP contribution in [0.15, 0.2) is 53.6 Å². The van der Waals surface area contributed by atoms with Crippen molar-refractivity contribution in [2.75, 3.05) is 18.9 Å². The fourth-order valence-electron chi connectivity index (χ4n) is 3.24. The lowest BCUT2D eigenvalue weighted by Crippen LogP contribution is -2.32. The second kappa shape index (κ2) is 9.64. The van der Waals surface area contributed by atoms with Gasteiger partial charge in [-0.15, -0.1) is 0 Å². The van der Waals surface area contributed by atoms with Gasteiger partial charge in [-0.25, -0.2) is 9.37 Å². The molecule has 3 aromatic rings. The molecule has 1 aromatic heterocycles. The number of carbonyl (C=O) groups is 1. The van der Waals surface area contributed by atoms with Gasteiger partial charge in [-0.05, 0) is 49.2 Å². The summed E-state index contributed by atoms with van der Waals surface area (Å²) in [6, 6.07) is 13.5. The van der Waals surface area contributed by atoms with Crippen molar-refractivity contribution < 1.29 is 13.9 Å². The Morgan fingerprint density at radius 3 is 2.63 bits per heavy atom. The first-order valence-corrected chi connectivity index (χ1v) is 11.1. The summed E-state index contributed by atoms with van der Waals surface area (Å²) < 4.78 is 18.8. The van der Waals surface area contributed by atoms with Crippen molar-refractivity contribution in [1.29, 1.82) is 0 Å². The van der Waals surface area contributed by atoms with Gasteiger partial charge in [0.25, 0.3) is 0 Å². The Balaban J connectivity index is 1.51. The summed E-state index contributed by atoms with van der Waals surface area (Å²) in [4.78, 5) is 20.3. The Morgan fingerprint density at radius 2 is 1.93 bits per heavy atom. The summed E-state index contributed by atoms with van der Waals surface area (Å²) in [7, 11) is 0. The zero-order chi connectivity index (χ0) is 20.9. The van der Waals surface area contributed by atoms with Crippen LogP contribution in [0, 0.1) is 5.82 Å². The van der Waals surface area contributed by atoms with E-state index in [1.165, 1.54) is 23.9 Å². The number of nitrogens with zero attached hydrogens (tertiary/aromatic N) is 1. The summed E-state index contributed by atoms with van der Waals surface area (Å²) in [6.45, 7) is 1.30. The second-order valence-electron chi connectivity index (χ2n) is 7.01. The molecule has 0 aliphatic carbocycles. The number of halogens is 2. The predicted octanol–water partition coefficient (Wildman–Crippen LogP) is 4.92. The zero-order valence-electron chi connectivity index (χ0n) is 16.2. The number of ether oxygens (including phenoxy) is 1. The summed E-state index contributed by atoms with van der Waals surface area (Å²) >= 11 is 7.37. The molecule has 0 spiro atoms. The summed E-state index contributed by atoms with van der Waals surface area (Å²) in [5.41, 5.74) is 2.46. The van der Waals surface area contributed by atoms with Gasteiger partial charge < -0.3 is 15.0 Å². The average Bonchev–Trinajstić information content (AvgIpc) is 3.42. The summed E-state index contributed by atoms with van der Waals surface area (Å²) in [6.07, 6.45) is 2.13. The number of aromatic amines is 1. The van der Waals surface area contributed by atoms with Crippen LogP contribution in [0.25, 0.3) is 22.6 Å². The number of hydrogen-bond acceptors (Lipinski definition) is 4. The lowest BCUT2D eigenvalue weighted by Gasteiger charge is -2.10. The highest BCUT2D eigenvalue weighted by molar-refractivity contribution is 8.00. The third-order valence-electron chi connectivity index (χ3n) is 4.81. The molecule has 5 nitrogen and oxygen atoms in total. The average molecular weight is 446 g/mol. The number of hydrogen-bond donors (Lipinski definition) is 2. The van der Waals surface area contributed by atoms with Gasteiger partial charge in [0.05, 0.1) is 17.6 Å². The highest BCUT2D eigenvalue weighted by Gasteiger charge is 2.18. The van der Waals surface area contributed by atoms with Crippen molar-refractivity contribution in [2.24, 2.45) is 0 Å². The molecule has 4 rings (SSSR count). The number of carbonyl (C=O) groups excluding carboxylic acids is 1. The molecule has 1 saturated heterocycles. The smallest absolute Gasteiger partial charge is 0.230 e. The molecule has 2 aromatic carbocycles. The molecule has 0 radical (unpaired) electrons. The van der Waals surface area contributed by atoms with E-state index >= 15 is 0 Å². The predicted molar refractivity (Wildman–Crippen MR) is 117 cm³/mol. The van der Waals surface area contributed by atoms with Crippen molar-refractivity contribution in [3.63, 3.8) is 0 Å². The first kappa shape index (κ1) is 20.9. The minimum atomic E-state index is -0.305. The van der Waals surface area contributed by atoms with Crippen LogP contribution in [0.3, 0.4) is 0 Å². The molecule has 1 aliphatic rings. The Morgan fingerprint density at radius 1 is 1.20 bits per heavy atom. The van der Waals surface area contributed by atoms with E-state index in [4.69, 9.17) is 16.3 Å². The molecule has 1 aliphatic heterocycles. The SMILES string of the molecule is O=C(CSc1nc(-c2ccc(F)cc2)[nH]c1-c1ccc(Cl)cc1)NC[C@@H]1CCCO1. The maximum absolute atomic E-state index is 13.3. The van der Waals surface area contributed by atoms with E-state index < -0.39 is 0 Å². The van der Waals surface area contributed by atoms with Crippen LogP contribution >= 0.6 is 23.4 Å². The maximum atomic E-state index is 13.3. The molecule has 1 fully saturated rings. The maximum Gasteiger partial charge on any atom is 0.230 e. The normalized spacial score (nSPS) is 16.0. The van der Waals surface area contributed by atoms with Gasteiger partial charge in [0.1, 0.15) is 16.7 Å². The van der Waals surface area contributed by atoms with Crippen LogP contribution in [0.4, 0.5) is 4.39 Å². The van der Waals surface area contributed by atoms with E-state index in [1.807, 2.05) is 12.1 Å². The van der Waals surface area contributed by atoms with E-state index in [1.54, 1.807) is 24.3 Å². The standard InChI is InChI=1S/C22H21ClFN3O2S/c23-16-7-3-14(4-8-16)20-22(27-21(26-20)15-5-9-17(24)10-6-15)30-13-19(28)25-12-18-2-1-11-29-18/h3-10,18H,1-2,11-13H2,(H,25,28)(H,26,27)/t18-/m0/s1. The van der Waals surface area contributed by atoms with E-state index in [0.29, 0.717) is 22.4 Å². The van der Waals surface area contributed by atoms with Crippen LogP contribution in [-0.4, -0.2) is 40.9 Å². The molecular weight excluding hydrogens is 425 g/mol. The van der Waals surface area contributed by atoms with Gasteiger partial charge in [-0.2, -0.15) is 0 Å². The van der Waals surface area contributed by atoms with E-state index in [-0.39, 0.29) is 23.6 Å². The quantitative estimate of drug-likeness (QED) is 0.506. The minimum Gasteiger partial charge on any atom is -0.376 e. The highest BCUT2D eigenvalue weighted by atomic mass is 35.5. The lowest BCUT2D eigenvalue weighted by atomic mass is 10.2. The molecule has 0 saturated carbocycles. The molecule has 1 amide bonds. The number of benzene rings is 2. The Bertz CT molecular complexity index is 1000. The number of amides is 1. The molecule has 30 heavy (non-hydrogen) atoms. The third kappa shape index (κ3) is 5.22. The number of rotatable bonds is 7. The monoisotopic (exact) mass is 445 g/mol. The van der Waals surface area contributed by atoms with Gasteiger partial charge in [0.15, 0.2) is 0 Å². The van der Waals surface area contributed by atoms with Crippen LogP contribution in [0.5, 0.6) is 0 Å². The molecule has 0 unspecified atom stereocenters. The first-order valence-electron chi connectivity index (χ1n) is 9.71. The molecule has 1 atom stereocenters. The van der Waals surface area contributed by atoms with E-state index in [0.717, 1.165) is 36.3 Å². The second-order valence-corrected chi connectivity index (χ2v) is 8.41. The van der Waals surface area contributed by atoms with Gasteiger partial charge in [-0.3, -0.25) is 4.79 Å². The van der Waals surface area contributed by atoms with Crippen LogP contribution in [-0.2, 0) is 9.53 Å². The molecule has 2 N–H and O–H groups in total. The lowest BCUT2D eigenvalue weighted by molar-refractivity contribution is -0.119. The van der Waals surface area contributed by atoms with Crippen LogP contribution < -0.4 is 5.32 Å². The molecule has 8 heteroatoms. The first-order chi connectivity index (χ1) is 14.6. The van der Waals surface area contributed by atoms with Gasteiger partial charge >= 0.3 is 0 Å². The Hall–Kier alpha value is -2.35. The minimum absolute atomic E-state index is 0.0658. The number of imidazole rings is 1. The van der Waals surface area contributed by atoms with Gasteiger partial charge in [-0.1, -0.05) is 35.5 Å². The van der Waals surface area contributed by atoms with Crippen molar-refractivity contribution >= 4 is 29.3 Å². The topological polar surface area (TPSA) is 67.0 Å². The fraction of sp³-hybridized carbons (Fsp3) is 0.273. The number of thioether (sulfide) groups is 1. The Kier molecular flexibility index (Phi) is 6.72. The van der Waals surface area contributed by atoms with Gasteiger partial charge in [0.2, 0.25) is 5.91 Å². The van der Waals surface area contributed by atoms with E-state index in [2.05, 4.69) is 15.3 Å². The van der Waals surface area contributed by atoms with Crippen molar-refractivity contribution in [3.8, 4) is 22.6 Å². The van der Waals surface area contributed by atoms with Gasteiger partial charge in [0, 0.05) is 29.3 Å². The summed E-state index contributed by atoms with van der Waals surface area (Å²) in [5.74, 6) is 0.480. The van der Waals surface area contributed by atoms with Crippen molar-refractivity contribution in [3.05, 3.63) is 59.4 Å². The number of nitrogens with one attached hydrogen (secondary N) is 2. The molecule has 156 valence electrons. The van der Waals surface area contributed by atoms with Crippen LogP contribution in [0.1, 0.15) is 12.8 Å². The third-order valence-corrected chi connectivity index (χ3v) is 6.04. The zero-order valence-corrected chi connectivity index (χ0v) is 17.7. The molecule has 0 bridgehead atoms. The summed E-state index contributed by atoms with van der Waals surface area (Å²) in [5, 5.41) is 4.26. The van der Waals surface area contributed by atoms with Crippen molar-refractivity contribution in [1.82, 2.24) is 15.3 Å².